The van der Waals surface area contributed by atoms with Crippen LogP contribution in [-0.4, -0.2) is 24.3 Å². The van der Waals surface area contributed by atoms with Gasteiger partial charge in [0.1, 0.15) is 11.9 Å². The second-order valence-electron chi connectivity index (χ2n) is 4.43. The van der Waals surface area contributed by atoms with Crippen molar-refractivity contribution in [3.8, 4) is 0 Å². The molecular formula is C13H15FN2O2. The fourth-order valence-corrected chi connectivity index (χ4v) is 1.72. The maximum Gasteiger partial charge on any atom is 0.251 e. The molecule has 0 aromatic heterocycles. The van der Waals surface area contributed by atoms with Crippen LogP contribution in [0.1, 0.15) is 29.3 Å². The van der Waals surface area contributed by atoms with Crippen LogP contribution in [0.25, 0.3) is 0 Å². The van der Waals surface area contributed by atoms with E-state index in [-0.39, 0.29) is 17.8 Å². The zero-order chi connectivity index (χ0) is 13.1. The molecule has 0 saturated carbocycles. The molecule has 4 nitrogen and oxygen atoms in total. The number of carbonyl (C=O) groups is 1. The minimum Gasteiger partial charge on any atom is -0.390 e. The Labute approximate surface area is 105 Å². The number of halogens is 1. The molecule has 5 heteroatoms. The van der Waals surface area contributed by atoms with Crippen LogP contribution in [0.4, 0.5) is 4.39 Å². The average molecular weight is 250 g/mol. The van der Waals surface area contributed by atoms with Gasteiger partial charge in [0.25, 0.3) is 5.91 Å². The third kappa shape index (κ3) is 2.85. The normalized spacial score (nSPS) is 18.2. The van der Waals surface area contributed by atoms with Crippen LogP contribution in [0.5, 0.6) is 0 Å². The largest absolute Gasteiger partial charge is 0.390 e. The lowest BCUT2D eigenvalue weighted by molar-refractivity contribution is 0.0753. The minimum atomic E-state index is -0.376. The Morgan fingerprint density at radius 1 is 1.56 bits per heavy atom. The van der Waals surface area contributed by atoms with E-state index in [9.17, 15) is 9.18 Å². The molecule has 0 aliphatic carbocycles. The lowest BCUT2D eigenvalue weighted by Crippen LogP contribution is -2.32. The van der Waals surface area contributed by atoms with Gasteiger partial charge in [-0.15, -0.1) is 0 Å². The molecule has 18 heavy (non-hydrogen) atoms. The third-order valence-corrected chi connectivity index (χ3v) is 2.81. The summed E-state index contributed by atoms with van der Waals surface area (Å²) in [4.78, 5) is 16.9. The zero-order valence-electron chi connectivity index (χ0n) is 10.4. The van der Waals surface area contributed by atoms with Gasteiger partial charge in [-0.05, 0) is 31.5 Å². The molecule has 96 valence electrons. The van der Waals surface area contributed by atoms with Crippen LogP contribution < -0.4 is 5.32 Å². The van der Waals surface area contributed by atoms with Crippen molar-refractivity contribution < 1.29 is 14.0 Å². The van der Waals surface area contributed by atoms with Crippen LogP contribution in [0.15, 0.2) is 23.4 Å². The molecule has 0 saturated heterocycles. The number of hydrogen-bond donors (Lipinski definition) is 1. The Hall–Kier alpha value is -1.91. The average Bonchev–Trinajstić information content (AvgIpc) is 2.75. The Morgan fingerprint density at radius 3 is 2.94 bits per heavy atom. The first-order chi connectivity index (χ1) is 8.56. The lowest BCUT2D eigenvalue weighted by atomic mass is 10.1. The van der Waals surface area contributed by atoms with E-state index in [1.54, 1.807) is 19.1 Å². The first-order valence-electron chi connectivity index (χ1n) is 5.80. The third-order valence-electron chi connectivity index (χ3n) is 2.81. The molecule has 1 N–H and O–H groups in total. The molecule has 1 atom stereocenters. The van der Waals surface area contributed by atoms with Crippen LogP contribution in [0.3, 0.4) is 0 Å². The first kappa shape index (κ1) is 12.5. The molecule has 1 aliphatic rings. The Morgan fingerprint density at radius 2 is 2.33 bits per heavy atom. The van der Waals surface area contributed by atoms with Gasteiger partial charge in [0, 0.05) is 12.0 Å². The molecular weight excluding hydrogens is 235 g/mol. The molecule has 1 aromatic carbocycles. The van der Waals surface area contributed by atoms with Crippen molar-refractivity contribution in [1.82, 2.24) is 5.32 Å². The zero-order valence-corrected chi connectivity index (χ0v) is 10.4. The van der Waals surface area contributed by atoms with E-state index >= 15 is 0 Å². The fourth-order valence-electron chi connectivity index (χ4n) is 1.72. The predicted molar refractivity (Wildman–Crippen MR) is 66.1 cm³/mol. The maximum atomic E-state index is 13.3. The monoisotopic (exact) mass is 250 g/mol. The van der Waals surface area contributed by atoms with E-state index in [1.165, 1.54) is 6.07 Å². The van der Waals surface area contributed by atoms with E-state index in [2.05, 4.69) is 10.5 Å². The van der Waals surface area contributed by atoms with Gasteiger partial charge >= 0.3 is 0 Å². The number of hydrogen-bond acceptors (Lipinski definition) is 3. The summed E-state index contributed by atoms with van der Waals surface area (Å²) in [6, 6.07) is 4.43. The molecule has 2 rings (SSSR count). The highest BCUT2D eigenvalue weighted by Crippen LogP contribution is 2.11. The Kier molecular flexibility index (Phi) is 3.60. The van der Waals surface area contributed by atoms with Crippen LogP contribution in [0.2, 0.25) is 0 Å². The highest BCUT2D eigenvalue weighted by atomic mass is 19.1. The second kappa shape index (κ2) is 5.16. The Bertz CT molecular complexity index is 500. The SMILES string of the molecule is CC1=NOC(CNC(=O)c2ccc(C)c(F)c2)C1. The summed E-state index contributed by atoms with van der Waals surface area (Å²) < 4.78 is 13.3. The van der Waals surface area contributed by atoms with Crippen LogP contribution in [0, 0.1) is 12.7 Å². The number of nitrogens with one attached hydrogen (secondary N) is 1. The number of amides is 1. The van der Waals surface area contributed by atoms with Crippen molar-refractivity contribution >= 4 is 11.6 Å². The first-order valence-corrected chi connectivity index (χ1v) is 5.80. The van der Waals surface area contributed by atoms with Crippen molar-refractivity contribution in [1.29, 1.82) is 0 Å². The molecule has 1 heterocycles. The smallest absolute Gasteiger partial charge is 0.251 e. The van der Waals surface area contributed by atoms with Gasteiger partial charge in [0.2, 0.25) is 0 Å². The molecule has 1 aromatic rings. The van der Waals surface area contributed by atoms with E-state index < -0.39 is 0 Å². The summed E-state index contributed by atoms with van der Waals surface area (Å²) in [5, 5.41) is 6.50. The van der Waals surface area contributed by atoms with Gasteiger partial charge in [-0.25, -0.2) is 4.39 Å². The van der Waals surface area contributed by atoms with Crippen LogP contribution >= 0.6 is 0 Å². The van der Waals surface area contributed by atoms with Crippen molar-refractivity contribution in [2.24, 2.45) is 5.16 Å². The van der Waals surface area contributed by atoms with Gasteiger partial charge in [-0.1, -0.05) is 11.2 Å². The van der Waals surface area contributed by atoms with Crippen LogP contribution in [-0.2, 0) is 4.84 Å². The molecule has 0 radical (unpaired) electrons. The lowest BCUT2D eigenvalue weighted by Gasteiger charge is -2.10. The number of benzene rings is 1. The van der Waals surface area contributed by atoms with Gasteiger partial charge in [0.15, 0.2) is 0 Å². The fraction of sp³-hybridized carbons (Fsp3) is 0.385. The van der Waals surface area contributed by atoms with Crippen molar-refractivity contribution in [3.05, 3.63) is 35.1 Å². The topological polar surface area (TPSA) is 50.7 Å². The van der Waals surface area contributed by atoms with Crippen molar-refractivity contribution in [3.63, 3.8) is 0 Å². The second-order valence-corrected chi connectivity index (χ2v) is 4.43. The minimum absolute atomic E-state index is 0.121. The quantitative estimate of drug-likeness (QED) is 0.892. The molecule has 1 amide bonds. The molecule has 1 unspecified atom stereocenters. The van der Waals surface area contributed by atoms with Gasteiger partial charge in [-0.3, -0.25) is 4.79 Å². The standard InChI is InChI=1S/C13H15FN2O2/c1-8-3-4-10(6-12(8)14)13(17)15-7-11-5-9(2)16-18-11/h3-4,6,11H,5,7H2,1-2H3,(H,15,17). The van der Waals surface area contributed by atoms with E-state index in [4.69, 9.17) is 4.84 Å². The van der Waals surface area contributed by atoms with Crippen molar-refractivity contribution in [2.75, 3.05) is 6.54 Å². The molecule has 0 spiro atoms. The maximum absolute atomic E-state index is 13.3. The number of oxime groups is 1. The summed E-state index contributed by atoms with van der Waals surface area (Å²) in [6.45, 7) is 3.90. The van der Waals surface area contributed by atoms with E-state index in [0.29, 0.717) is 24.1 Å². The number of rotatable bonds is 3. The van der Waals surface area contributed by atoms with E-state index in [1.807, 2.05) is 6.92 Å². The van der Waals surface area contributed by atoms with Gasteiger partial charge in [-0.2, -0.15) is 0 Å². The summed E-state index contributed by atoms with van der Waals surface area (Å²) in [6.07, 6.45) is 0.590. The number of nitrogens with zero attached hydrogens (tertiary/aromatic N) is 1. The summed E-state index contributed by atoms with van der Waals surface area (Å²) >= 11 is 0. The predicted octanol–water partition coefficient (Wildman–Crippen LogP) is 2.03. The van der Waals surface area contributed by atoms with E-state index in [0.717, 1.165) is 5.71 Å². The van der Waals surface area contributed by atoms with Gasteiger partial charge in [0.05, 0.1) is 12.3 Å². The number of aryl methyl sites for hydroxylation is 1. The Balaban J connectivity index is 1.90. The van der Waals surface area contributed by atoms with Gasteiger partial charge < -0.3 is 10.2 Å². The molecule has 0 fully saturated rings. The summed E-state index contributed by atoms with van der Waals surface area (Å²) in [7, 11) is 0. The summed E-state index contributed by atoms with van der Waals surface area (Å²) in [5.74, 6) is -0.680. The molecule has 0 bridgehead atoms. The van der Waals surface area contributed by atoms with Crippen molar-refractivity contribution in [2.45, 2.75) is 26.4 Å². The molecule has 1 aliphatic heterocycles. The highest BCUT2D eigenvalue weighted by Gasteiger charge is 2.19. The number of carbonyl (C=O) groups excluding carboxylic acids is 1. The highest BCUT2D eigenvalue weighted by molar-refractivity contribution is 5.94. The summed E-state index contributed by atoms with van der Waals surface area (Å²) in [5.41, 5.74) is 1.75.